The summed E-state index contributed by atoms with van der Waals surface area (Å²) in [5.41, 5.74) is 6.83. The van der Waals surface area contributed by atoms with Gasteiger partial charge < -0.3 is 15.8 Å². The lowest BCUT2D eigenvalue weighted by Gasteiger charge is -2.22. The number of amides is 1. The Morgan fingerprint density at radius 2 is 1.82 bits per heavy atom. The summed E-state index contributed by atoms with van der Waals surface area (Å²) in [6, 6.07) is 16.3. The Hall–Kier alpha value is -2.59. The zero-order valence-electron chi connectivity index (χ0n) is 20.9. The minimum Gasteiger partial charge on any atom is -0.454 e. The molecule has 0 bridgehead atoms. The van der Waals surface area contributed by atoms with Gasteiger partial charge in [-0.25, -0.2) is 8.42 Å². The predicted molar refractivity (Wildman–Crippen MR) is 155 cm³/mol. The number of benzene rings is 3. The molecule has 0 radical (unpaired) electrons. The lowest BCUT2D eigenvalue weighted by atomic mass is 9.91. The number of carbonyl (C=O) groups excluding carboxylic acids is 1. The molecule has 38 heavy (non-hydrogen) atoms. The third kappa shape index (κ3) is 7.50. The van der Waals surface area contributed by atoms with Crippen LogP contribution in [-0.4, -0.2) is 27.4 Å². The number of anilines is 1. The van der Waals surface area contributed by atoms with Gasteiger partial charge in [0.15, 0.2) is 5.75 Å². The van der Waals surface area contributed by atoms with Crippen molar-refractivity contribution in [3.05, 3.63) is 81.3 Å². The number of para-hydroxylation sites is 2. The number of halogens is 2. The van der Waals surface area contributed by atoms with Gasteiger partial charge in [0.1, 0.15) is 5.75 Å². The molecule has 1 aliphatic rings. The maximum absolute atomic E-state index is 13.4. The van der Waals surface area contributed by atoms with E-state index in [2.05, 4.69) is 26.0 Å². The molecular formula is C28H31BrClN3O4S. The molecular weight excluding hydrogens is 590 g/mol. The molecule has 4 rings (SSSR count). The Kier molecular flexibility index (Phi) is 9.70. The van der Waals surface area contributed by atoms with Crippen LogP contribution in [0.5, 0.6) is 11.5 Å². The summed E-state index contributed by atoms with van der Waals surface area (Å²) in [6.07, 6.45) is 5.95. The molecule has 0 spiro atoms. The molecule has 0 unspecified atom stereocenters. The second-order valence-corrected chi connectivity index (χ2v) is 12.4. The highest BCUT2D eigenvalue weighted by molar-refractivity contribution is 9.10. The molecule has 1 fully saturated rings. The number of aryl methyl sites for hydroxylation is 1. The highest BCUT2D eigenvalue weighted by atomic mass is 79.9. The van der Waals surface area contributed by atoms with Crippen LogP contribution in [-0.2, 0) is 16.4 Å². The molecule has 1 aliphatic heterocycles. The summed E-state index contributed by atoms with van der Waals surface area (Å²) in [5, 5.41) is 3.76. The molecule has 10 heteroatoms. The Morgan fingerprint density at radius 3 is 2.55 bits per heavy atom. The van der Waals surface area contributed by atoms with Crippen LogP contribution in [0.4, 0.5) is 5.69 Å². The molecule has 7 nitrogen and oxygen atoms in total. The van der Waals surface area contributed by atoms with Crippen LogP contribution in [0.1, 0.15) is 48.0 Å². The number of nitrogens with one attached hydrogen (secondary N) is 2. The zero-order valence-corrected chi connectivity index (χ0v) is 24.0. The van der Waals surface area contributed by atoms with Crippen LogP contribution in [0.2, 0.25) is 5.02 Å². The minimum atomic E-state index is -3.99. The fraction of sp³-hybridized carbons (Fsp3) is 0.321. The number of primary amides is 1. The highest BCUT2D eigenvalue weighted by Crippen LogP contribution is 2.36. The lowest BCUT2D eigenvalue weighted by molar-refractivity contribution is 0.0999. The quantitative estimate of drug-likeness (QED) is 0.212. The summed E-state index contributed by atoms with van der Waals surface area (Å²) >= 11 is 9.64. The Balaban J connectivity index is 1.50. The standard InChI is InChI=1S/C28H31BrClN3O4S/c29-21-9-12-26(24(30)18-21)37-27-8-4-3-7-25(27)33-38(35,36)22-10-11-23(28(31)34)20(17-22)6-2-1-5-19-13-15-32-16-14-19/h3-4,7-12,17-19,32-33H,1-2,5-6,13-16H2,(H2,31,34). The van der Waals surface area contributed by atoms with E-state index in [0.717, 1.165) is 42.7 Å². The molecule has 1 heterocycles. The van der Waals surface area contributed by atoms with Gasteiger partial charge in [-0.15, -0.1) is 0 Å². The number of unbranched alkanes of at least 4 members (excludes halogenated alkanes) is 1. The molecule has 0 aliphatic carbocycles. The maximum atomic E-state index is 13.4. The van der Waals surface area contributed by atoms with E-state index in [-0.39, 0.29) is 10.6 Å². The number of piperidine rings is 1. The van der Waals surface area contributed by atoms with Crippen LogP contribution in [0.15, 0.2) is 70.0 Å². The maximum Gasteiger partial charge on any atom is 0.262 e. The molecule has 202 valence electrons. The van der Waals surface area contributed by atoms with Crippen molar-refractivity contribution < 1.29 is 17.9 Å². The number of hydrogen-bond acceptors (Lipinski definition) is 5. The number of hydrogen-bond donors (Lipinski definition) is 3. The van der Waals surface area contributed by atoms with E-state index in [9.17, 15) is 13.2 Å². The van der Waals surface area contributed by atoms with Gasteiger partial charge in [-0.3, -0.25) is 9.52 Å². The third-order valence-electron chi connectivity index (χ3n) is 6.66. The van der Waals surface area contributed by atoms with Crippen molar-refractivity contribution in [2.24, 2.45) is 11.7 Å². The summed E-state index contributed by atoms with van der Waals surface area (Å²) in [5.74, 6) is 0.837. The normalized spacial score (nSPS) is 14.3. The van der Waals surface area contributed by atoms with Gasteiger partial charge in [-0.2, -0.15) is 0 Å². The monoisotopic (exact) mass is 619 g/mol. The van der Waals surface area contributed by atoms with E-state index in [1.54, 1.807) is 48.5 Å². The van der Waals surface area contributed by atoms with E-state index in [4.69, 9.17) is 22.1 Å². The van der Waals surface area contributed by atoms with Gasteiger partial charge in [0.05, 0.1) is 15.6 Å². The van der Waals surface area contributed by atoms with Gasteiger partial charge in [-0.1, -0.05) is 52.5 Å². The summed E-state index contributed by atoms with van der Waals surface area (Å²) < 4.78 is 36.1. The average molecular weight is 621 g/mol. The average Bonchev–Trinajstić information content (AvgIpc) is 2.89. The van der Waals surface area contributed by atoms with Crippen molar-refractivity contribution >= 4 is 49.1 Å². The molecule has 1 amide bonds. The second kappa shape index (κ2) is 13.0. The van der Waals surface area contributed by atoms with Crippen LogP contribution in [0.25, 0.3) is 0 Å². The van der Waals surface area contributed by atoms with Crippen molar-refractivity contribution in [2.75, 3.05) is 17.8 Å². The third-order valence-corrected chi connectivity index (χ3v) is 8.82. The van der Waals surface area contributed by atoms with Gasteiger partial charge >= 0.3 is 0 Å². The van der Waals surface area contributed by atoms with Gasteiger partial charge in [0.2, 0.25) is 5.91 Å². The number of rotatable bonds is 11. The molecule has 0 saturated carbocycles. The Labute approximate surface area is 237 Å². The molecule has 4 N–H and O–H groups in total. The highest BCUT2D eigenvalue weighted by Gasteiger charge is 2.20. The summed E-state index contributed by atoms with van der Waals surface area (Å²) in [4.78, 5) is 12.1. The Morgan fingerprint density at radius 1 is 1.05 bits per heavy atom. The minimum absolute atomic E-state index is 0.0485. The first-order valence-electron chi connectivity index (χ1n) is 12.6. The molecule has 0 aromatic heterocycles. The topological polar surface area (TPSA) is 111 Å². The van der Waals surface area contributed by atoms with E-state index in [0.29, 0.717) is 34.1 Å². The van der Waals surface area contributed by atoms with Crippen LogP contribution >= 0.6 is 27.5 Å². The lowest BCUT2D eigenvalue weighted by Crippen LogP contribution is -2.27. The fourth-order valence-corrected chi connectivity index (χ4v) is 6.46. The van der Waals surface area contributed by atoms with E-state index < -0.39 is 15.9 Å². The second-order valence-electron chi connectivity index (χ2n) is 9.40. The molecule has 1 saturated heterocycles. The van der Waals surface area contributed by atoms with Crippen LogP contribution in [0.3, 0.4) is 0 Å². The zero-order chi connectivity index (χ0) is 27.1. The SMILES string of the molecule is NC(=O)c1ccc(S(=O)(=O)Nc2ccccc2Oc2ccc(Br)cc2Cl)cc1CCCCC1CCNCC1. The van der Waals surface area contributed by atoms with E-state index in [1.165, 1.54) is 25.0 Å². The van der Waals surface area contributed by atoms with E-state index >= 15 is 0 Å². The first-order chi connectivity index (χ1) is 18.2. The van der Waals surface area contributed by atoms with Gasteiger partial charge in [0.25, 0.3) is 10.0 Å². The van der Waals surface area contributed by atoms with Gasteiger partial charge in [-0.05, 0) is 98.8 Å². The van der Waals surface area contributed by atoms with Crippen molar-refractivity contribution in [1.82, 2.24) is 5.32 Å². The largest absolute Gasteiger partial charge is 0.454 e. The summed E-state index contributed by atoms with van der Waals surface area (Å²) in [7, 11) is -3.99. The fourth-order valence-electron chi connectivity index (χ4n) is 4.62. The van der Waals surface area contributed by atoms with Crippen LogP contribution < -0.4 is 20.5 Å². The van der Waals surface area contributed by atoms with Crippen molar-refractivity contribution in [3.63, 3.8) is 0 Å². The predicted octanol–water partition coefficient (Wildman–Crippen LogP) is 6.51. The first kappa shape index (κ1) is 28.4. The van der Waals surface area contributed by atoms with Crippen molar-refractivity contribution in [1.29, 1.82) is 0 Å². The Bertz CT molecular complexity index is 1390. The first-order valence-corrected chi connectivity index (χ1v) is 15.3. The van der Waals surface area contributed by atoms with Crippen molar-refractivity contribution in [2.45, 2.75) is 43.4 Å². The molecule has 0 atom stereocenters. The smallest absolute Gasteiger partial charge is 0.262 e. The number of carbonyl (C=O) groups is 1. The van der Waals surface area contributed by atoms with Crippen molar-refractivity contribution in [3.8, 4) is 11.5 Å². The number of sulfonamides is 1. The van der Waals surface area contributed by atoms with Gasteiger partial charge in [0, 0.05) is 10.0 Å². The van der Waals surface area contributed by atoms with Crippen LogP contribution in [0, 0.1) is 5.92 Å². The molecule has 3 aromatic rings. The van der Waals surface area contributed by atoms with E-state index in [1.807, 2.05) is 0 Å². The number of nitrogens with two attached hydrogens (primary N) is 1. The molecule has 3 aromatic carbocycles. The number of ether oxygens (including phenoxy) is 1. The summed E-state index contributed by atoms with van der Waals surface area (Å²) in [6.45, 7) is 2.13.